The number of nitrogens with zero attached hydrogens (tertiary/aromatic N) is 2. The quantitative estimate of drug-likeness (QED) is 0.273. The van der Waals surface area contributed by atoms with Gasteiger partial charge in [-0.15, -0.1) is 0 Å². The summed E-state index contributed by atoms with van der Waals surface area (Å²) in [7, 11) is -3.87. The molecular formula is C31H37Cl2N3O4S. The number of halogens is 2. The minimum Gasteiger partial charge on any atom is -0.352 e. The topological polar surface area (TPSA) is 86.8 Å². The minimum absolute atomic E-state index is 0.0901. The Morgan fingerprint density at radius 2 is 1.59 bits per heavy atom. The average molecular weight is 619 g/mol. The van der Waals surface area contributed by atoms with Crippen molar-refractivity contribution in [1.82, 2.24) is 10.2 Å². The van der Waals surface area contributed by atoms with E-state index in [2.05, 4.69) is 5.32 Å². The standard InChI is InChI=1S/C31H37Cl2N3O4S/c1-6-23(4)34-31(38)29(18-24-11-8-7-9-12-24)35(19-25-26(32)13-10-14-27(25)33)30(37)20-36(41(5,39)40)28-17-21(2)15-16-22(28)3/h7-17,23,29H,6,18-20H2,1-5H3,(H,34,38). The van der Waals surface area contributed by atoms with E-state index in [1.165, 1.54) is 4.90 Å². The molecule has 3 rings (SSSR count). The third kappa shape index (κ3) is 8.71. The summed E-state index contributed by atoms with van der Waals surface area (Å²) in [6.45, 7) is 6.89. The first-order chi connectivity index (χ1) is 19.3. The molecule has 0 radical (unpaired) electrons. The molecular weight excluding hydrogens is 581 g/mol. The third-order valence-corrected chi connectivity index (χ3v) is 8.81. The highest BCUT2D eigenvalue weighted by molar-refractivity contribution is 7.92. The number of anilines is 1. The smallest absolute Gasteiger partial charge is 0.244 e. The molecule has 41 heavy (non-hydrogen) atoms. The van der Waals surface area contributed by atoms with Crippen LogP contribution in [0.3, 0.4) is 0 Å². The molecule has 3 aromatic carbocycles. The second kappa shape index (κ2) is 14.2. The first kappa shape index (κ1) is 32.4. The molecule has 2 unspecified atom stereocenters. The van der Waals surface area contributed by atoms with Crippen molar-refractivity contribution in [1.29, 1.82) is 0 Å². The van der Waals surface area contributed by atoms with Gasteiger partial charge in [-0.05, 0) is 62.1 Å². The van der Waals surface area contributed by atoms with E-state index in [9.17, 15) is 18.0 Å². The summed E-state index contributed by atoms with van der Waals surface area (Å²) in [4.78, 5) is 29.4. The van der Waals surface area contributed by atoms with Crippen molar-refractivity contribution in [3.05, 3.63) is 99.0 Å². The number of carbonyl (C=O) groups is 2. The van der Waals surface area contributed by atoms with Gasteiger partial charge in [-0.25, -0.2) is 8.42 Å². The lowest BCUT2D eigenvalue weighted by molar-refractivity contribution is -0.140. The summed E-state index contributed by atoms with van der Waals surface area (Å²) in [6, 6.07) is 18.7. The fraction of sp³-hybridized carbons (Fsp3) is 0.355. The Labute approximate surface area is 253 Å². The van der Waals surface area contributed by atoms with Gasteiger partial charge in [0.25, 0.3) is 0 Å². The van der Waals surface area contributed by atoms with E-state index in [1.54, 1.807) is 31.2 Å². The van der Waals surface area contributed by atoms with E-state index in [-0.39, 0.29) is 24.9 Å². The number of rotatable bonds is 12. The molecule has 7 nitrogen and oxygen atoms in total. The van der Waals surface area contributed by atoms with Crippen LogP contribution < -0.4 is 9.62 Å². The lowest BCUT2D eigenvalue weighted by atomic mass is 10.0. The first-order valence-electron chi connectivity index (χ1n) is 13.4. The van der Waals surface area contributed by atoms with Crippen LogP contribution >= 0.6 is 23.2 Å². The Kier molecular flexibility index (Phi) is 11.2. The highest BCUT2D eigenvalue weighted by atomic mass is 35.5. The molecule has 10 heteroatoms. The zero-order valence-corrected chi connectivity index (χ0v) is 26.4. The van der Waals surface area contributed by atoms with Gasteiger partial charge in [0.2, 0.25) is 21.8 Å². The number of sulfonamides is 1. The van der Waals surface area contributed by atoms with Crippen LogP contribution in [0.25, 0.3) is 0 Å². The summed E-state index contributed by atoms with van der Waals surface area (Å²) < 4.78 is 27.2. The Morgan fingerprint density at radius 3 is 2.17 bits per heavy atom. The molecule has 0 aliphatic heterocycles. The van der Waals surface area contributed by atoms with E-state index in [0.29, 0.717) is 33.3 Å². The Morgan fingerprint density at radius 1 is 0.951 bits per heavy atom. The molecule has 0 bridgehead atoms. The molecule has 220 valence electrons. The maximum Gasteiger partial charge on any atom is 0.244 e. The average Bonchev–Trinajstić information content (AvgIpc) is 2.91. The lowest BCUT2D eigenvalue weighted by Crippen LogP contribution is -2.54. The SMILES string of the molecule is CCC(C)NC(=O)C(Cc1ccccc1)N(Cc1c(Cl)cccc1Cl)C(=O)CN(c1cc(C)ccc1C)S(C)(=O)=O. The van der Waals surface area contributed by atoms with Crippen LogP contribution in [0.5, 0.6) is 0 Å². The van der Waals surface area contributed by atoms with Crippen LogP contribution in [-0.4, -0.2) is 50.0 Å². The lowest BCUT2D eigenvalue weighted by Gasteiger charge is -2.34. The molecule has 0 aliphatic rings. The van der Waals surface area contributed by atoms with Crippen molar-refractivity contribution in [2.45, 2.75) is 59.2 Å². The van der Waals surface area contributed by atoms with Gasteiger partial charge in [0.1, 0.15) is 12.6 Å². The van der Waals surface area contributed by atoms with Crippen molar-refractivity contribution >= 4 is 50.7 Å². The van der Waals surface area contributed by atoms with E-state index in [1.807, 2.05) is 63.2 Å². The van der Waals surface area contributed by atoms with Crippen LogP contribution in [-0.2, 0) is 32.6 Å². The fourth-order valence-corrected chi connectivity index (χ4v) is 5.85. The van der Waals surface area contributed by atoms with Crippen LogP contribution in [0.4, 0.5) is 5.69 Å². The van der Waals surface area contributed by atoms with Crippen LogP contribution in [0, 0.1) is 13.8 Å². The summed E-state index contributed by atoms with van der Waals surface area (Å²) >= 11 is 13.0. The second-order valence-corrected chi connectivity index (χ2v) is 13.0. The second-order valence-electron chi connectivity index (χ2n) is 10.3. The van der Waals surface area contributed by atoms with Gasteiger partial charge >= 0.3 is 0 Å². The summed E-state index contributed by atoms with van der Waals surface area (Å²) in [5.41, 5.74) is 3.26. The van der Waals surface area contributed by atoms with Crippen molar-refractivity contribution < 1.29 is 18.0 Å². The number of hydrogen-bond acceptors (Lipinski definition) is 4. The fourth-order valence-electron chi connectivity index (χ4n) is 4.43. The Balaban J connectivity index is 2.13. The number of hydrogen-bond donors (Lipinski definition) is 1. The zero-order valence-electron chi connectivity index (χ0n) is 24.0. The largest absolute Gasteiger partial charge is 0.352 e. The number of benzene rings is 3. The van der Waals surface area contributed by atoms with Gasteiger partial charge in [0.05, 0.1) is 11.9 Å². The van der Waals surface area contributed by atoms with Gasteiger partial charge in [0, 0.05) is 34.6 Å². The van der Waals surface area contributed by atoms with Gasteiger partial charge < -0.3 is 10.2 Å². The Bertz CT molecular complexity index is 1460. The number of carbonyl (C=O) groups excluding carboxylic acids is 2. The van der Waals surface area contributed by atoms with Crippen molar-refractivity contribution in [2.24, 2.45) is 0 Å². The molecule has 0 fully saturated rings. The molecule has 3 aromatic rings. The van der Waals surface area contributed by atoms with Gasteiger partial charge in [-0.3, -0.25) is 13.9 Å². The molecule has 0 saturated carbocycles. The normalized spacial score (nSPS) is 12.9. The number of nitrogens with one attached hydrogen (secondary N) is 1. The zero-order chi connectivity index (χ0) is 30.3. The monoisotopic (exact) mass is 617 g/mol. The molecule has 2 amide bonds. The minimum atomic E-state index is -3.87. The summed E-state index contributed by atoms with van der Waals surface area (Å²) in [5.74, 6) is -0.912. The van der Waals surface area contributed by atoms with Crippen LogP contribution in [0.2, 0.25) is 10.0 Å². The van der Waals surface area contributed by atoms with Gasteiger partial charge in [0.15, 0.2) is 0 Å². The summed E-state index contributed by atoms with van der Waals surface area (Å²) in [6.07, 6.45) is 1.97. The van der Waals surface area contributed by atoms with Crippen LogP contribution in [0.15, 0.2) is 66.7 Å². The highest BCUT2D eigenvalue weighted by Gasteiger charge is 2.34. The van der Waals surface area contributed by atoms with E-state index in [0.717, 1.165) is 21.7 Å². The highest BCUT2D eigenvalue weighted by Crippen LogP contribution is 2.29. The first-order valence-corrected chi connectivity index (χ1v) is 16.0. The molecule has 0 saturated heterocycles. The molecule has 2 atom stereocenters. The number of aryl methyl sites for hydroxylation is 2. The van der Waals surface area contributed by atoms with Crippen molar-refractivity contribution in [3.63, 3.8) is 0 Å². The molecule has 0 spiro atoms. The predicted octanol–water partition coefficient (Wildman–Crippen LogP) is 5.93. The van der Waals surface area contributed by atoms with Crippen LogP contribution in [0.1, 0.15) is 42.5 Å². The molecule has 1 N–H and O–H groups in total. The predicted molar refractivity (Wildman–Crippen MR) is 167 cm³/mol. The third-order valence-electron chi connectivity index (χ3n) is 6.97. The Hall–Kier alpha value is -3.07. The van der Waals surface area contributed by atoms with Gasteiger partial charge in [-0.1, -0.05) is 78.7 Å². The maximum atomic E-state index is 14.2. The van der Waals surface area contributed by atoms with E-state index >= 15 is 0 Å². The van der Waals surface area contributed by atoms with E-state index in [4.69, 9.17) is 23.2 Å². The van der Waals surface area contributed by atoms with Gasteiger partial charge in [-0.2, -0.15) is 0 Å². The number of amides is 2. The summed E-state index contributed by atoms with van der Waals surface area (Å²) in [5, 5.41) is 3.68. The van der Waals surface area contributed by atoms with E-state index < -0.39 is 28.5 Å². The van der Waals surface area contributed by atoms with Crippen molar-refractivity contribution in [2.75, 3.05) is 17.1 Å². The molecule has 0 heterocycles. The maximum absolute atomic E-state index is 14.2. The van der Waals surface area contributed by atoms with Crippen molar-refractivity contribution in [3.8, 4) is 0 Å². The molecule has 0 aromatic heterocycles. The molecule has 0 aliphatic carbocycles.